The largest absolute Gasteiger partial charge is 0.370 e. The maximum Gasteiger partial charge on any atom is 0.326 e. The molecule has 1 aromatic carbocycles. The van der Waals surface area contributed by atoms with Gasteiger partial charge in [-0.15, -0.1) is 0 Å². The Morgan fingerprint density at radius 3 is 2.36 bits per heavy atom. The van der Waals surface area contributed by atoms with Crippen molar-refractivity contribution in [2.75, 3.05) is 5.32 Å². The van der Waals surface area contributed by atoms with Crippen molar-refractivity contribution in [2.24, 2.45) is 10.7 Å². The van der Waals surface area contributed by atoms with Gasteiger partial charge in [0, 0.05) is 5.69 Å². The molecule has 5 heteroatoms. The SMILES string of the molecule is Cc1cccc(C)c1NC(=O)NC(N)=NC1CCC=CCC1. The van der Waals surface area contributed by atoms with Crippen LogP contribution < -0.4 is 16.4 Å². The number of amides is 2. The quantitative estimate of drug-likeness (QED) is 0.445. The fourth-order valence-electron chi connectivity index (χ4n) is 2.59. The molecular weight excluding hydrogens is 276 g/mol. The number of nitrogens with two attached hydrogens (primary N) is 1. The number of aryl methyl sites for hydroxylation is 2. The monoisotopic (exact) mass is 300 g/mol. The molecule has 2 rings (SSSR count). The number of carbonyl (C=O) groups is 1. The highest BCUT2D eigenvalue weighted by atomic mass is 16.2. The summed E-state index contributed by atoms with van der Waals surface area (Å²) in [6.45, 7) is 3.91. The molecule has 0 radical (unpaired) electrons. The molecule has 0 fully saturated rings. The van der Waals surface area contributed by atoms with E-state index < -0.39 is 0 Å². The molecule has 1 aliphatic carbocycles. The fourth-order valence-corrected chi connectivity index (χ4v) is 2.59. The van der Waals surface area contributed by atoms with E-state index in [2.05, 4.69) is 27.8 Å². The second-order valence-corrected chi connectivity index (χ2v) is 5.64. The number of nitrogens with one attached hydrogen (secondary N) is 2. The third kappa shape index (κ3) is 4.62. The van der Waals surface area contributed by atoms with E-state index >= 15 is 0 Å². The lowest BCUT2D eigenvalue weighted by Crippen LogP contribution is -2.40. The highest BCUT2D eigenvalue weighted by Gasteiger charge is 2.11. The Morgan fingerprint density at radius 2 is 1.77 bits per heavy atom. The Kier molecular flexibility index (Phi) is 5.58. The Labute approximate surface area is 131 Å². The van der Waals surface area contributed by atoms with Gasteiger partial charge in [-0.25, -0.2) is 9.79 Å². The topological polar surface area (TPSA) is 79.5 Å². The molecule has 0 atom stereocenters. The van der Waals surface area contributed by atoms with Gasteiger partial charge in [0.25, 0.3) is 0 Å². The predicted octanol–water partition coefficient (Wildman–Crippen LogP) is 3.24. The van der Waals surface area contributed by atoms with Gasteiger partial charge in [-0.2, -0.15) is 0 Å². The van der Waals surface area contributed by atoms with Crippen molar-refractivity contribution in [3.8, 4) is 0 Å². The zero-order valence-electron chi connectivity index (χ0n) is 13.2. The number of allylic oxidation sites excluding steroid dienone is 2. The number of aliphatic imine (C=N–C) groups is 1. The van der Waals surface area contributed by atoms with Gasteiger partial charge >= 0.3 is 6.03 Å². The van der Waals surface area contributed by atoms with Gasteiger partial charge in [0.15, 0.2) is 5.96 Å². The average molecular weight is 300 g/mol. The smallest absolute Gasteiger partial charge is 0.326 e. The van der Waals surface area contributed by atoms with E-state index in [1.54, 1.807) is 0 Å². The summed E-state index contributed by atoms with van der Waals surface area (Å²) in [6.07, 6.45) is 8.31. The first-order chi connectivity index (χ1) is 10.6. The lowest BCUT2D eigenvalue weighted by Gasteiger charge is -2.13. The molecule has 22 heavy (non-hydrogen) atoms. The van der Waals surface area contributed by atoms with Crippen LogP contribution in [-0.2, 0) is 0 Å². The molecule has 0 saturated carbocycles. The Hall–Kier alpha value is -2.30. The number of guanidine groups is 1. The van der Waals surface area contributed by atoms with Gasteiger partial charge in [0.1, 0.15) is 0 Å². The van der Waals surface area contributed by atoms with Gasteiger partial charge < -0.3 is 11.1 Å². The summed E-state index contributed by atoms with van der Waals surface area (Å²) in [6, 6.07) is 5.70. The number of nitrogens with zero attached hydrogens (tertiary/aromatic N) is 1. The van der Waals surface area contributed by atoms with Crippen LogP contribution in [0.2, 0.25) is 0 Å². The Morgan fingerprint density at radius 1 is 1.18 bits per heavy atom. The molecule has 1 aliphatic rings. The first-order valence-electron chi connectivity index (χ1n) is 7.68. The van der Waals surface area contributed by atoms with Crippen molar-refractivity contribution >= 4 is 17.7 Å². The van der Waals surface area contributed by atoms with E-state index in [-0.39, 0.29) is 18.0 Å². The molecule has 0 unspecified atom stereocenters. The van der Waals surface area contributed by atoms with E-state index in [1.807, 2.05) is 32.0 Å². The van der Waals surface area contributed by atoms with Crippen LogP contribution in [0.5, 0.6) is 0 Å². The second-order valence-electron chi connectivity index (χ2n) is 5.64. The molecule has 0 spiro atoms. The summed E-state index contributed by atoms with van der Waals surface area (Å²) < 4.78 is 0. The van der Waals surface area contributed by atoms with Crippen molar-refractivity contribution in [1.82, 2.24) is 5.32 Å². The number of benzene rings is 1. The summed E-state index contributed by atoms with van der Waals surface area (Å²) in [5.41, 5.74) is 8.68. The molecule has 0 heterocycles. The first kappa shape index (κ1) is 16.1. The number of anilines is 1. The number of urea groups is 1. The van der Waals surface area contributed by atoms with Crippen molar-refractivity contribution in [3.63, 3.8) is 0 Å². The van der Waals surface area contributed by atoms with E-state index in [1.165, 1.54) is 0 Å². The third-order valence-electron chi connectivity index (χ3n) is 3.78. The summed E-state index contributed by atoms with van der Waals surface area (Å²) in [5, 5.41) is 5.44. The molecule has 4 N–H and O–H groups in total. The van der Waals surface area contributed by atoms with Crippen LogP contribution in [0.15, 0.2) is 35.3 Å². The average Bonchev–Trinajstić information content (AvgIpc) is 2.71. The number of carbonyl (C=O) groups excluding carboxylic acids is 1. The lowest BCUT2D eigenvalue weighted by atomic mass is 10.1. The van der Waals surface area contributed by atoms with Crippen LogP contribution >= 0.6 is 0 Å². The normalized spacial score (nSPS) is 16.2. The molecular formula is C17H24N4O. The molecule has 0 aliphatic heterocycles. The summed E-state index contributed by atoms with van der Waals surface area (Å²) >= 11 is 0. The van der Waals surface area contributed by atoms with E-state index in [4.69, 9.17) is 5.73 Å². The second kappa shape index (κ2) is 7.64. The number of hydrogen-bond acceptors (Lipinski definition) is 2. The first-order valence-corrected chi connectivity index (χ1v) is 7.68. The van der Waals surface area contributed by atoms with Crippen molar-refractivity contribution in [3.05, 3.63) is 41.5 Å². The van der Waals surface area contributed by atoms with Gasteiger partial charge in [-0.3, -0.25) is 5.32 Å². The summed E-state index contributed by atoms with van der Waals surface area (Å²) in [7, 11) is 0. The van der Waals surface area contributed by atoms with Crippen LogP contribution in [-0.4, -0.2) is 18.0 Å². The van der Waals surface area contributed by atoms with Crippen molar-refractivity contribution in [1.29, 1.82) is 0 Å². The van der Waals surface area contributed by atoms with Crippen LogP contribution in [0.1, 0.15) is 36.8 Å². The molecule has 0 saturated heterocycles. The number of para-hydroxylation sites is 1. The maximum atomic E-state index is 12.0. The minimum atomic E-state index is -0.356. The minimum absolute atomic E-state index is 0.176. The van der Waals surface area contributed by atoms with Gasteiger partial charge in [0.2, 0.25) is 0 Å². The van der Waals surface area contributed by atoms with E-state index in [0.29, 0.717) is 0 Å². The van der Waals surface area contributed by atoms with Gasteiger partial charge in [-0.1, -0.05) is 30.4 Å². The van der Waals surface area contributed by atoms with Gasteiger partial charge in [0.05, 0.1) is 6.04 Å². The van der Waals surface area contributed by atoms with Crippen molar-refractivity contribution < 1.29 is 4.79 Å². The van der Waals surface area contributed by atoms with E-state index in [9.17, 15) is 4.79 Å². The molecule has 118 valence electrons. The zero-order valence-corrected chi connectivity index (χ0v) is 13.2. The van der Waals surface area contributed by atoms with Crippen molar-refractivity contribution in [2.45, 2.75) is 45.6 Å². The van der Waals surface area contributed by atoms with Crippen LogP contribution in [0, 0.1) is 13.8 Å². The molecule has 5 nitrogen and oxygen atoms in total. The predicted molar refractivity (Wildman–Crippen MR) is 91.1 cm³/mol. The third-order valence-corrected chi connectivity index (χ3v) is 3.78. The highest BCUT2D eigenvalue weighted by molar-refractivity contribution is 6.02. The maximum absolute atomic E-state index is 12.0. The minimum Gasteiger partial charge on any atom is -0.370 e. The molecule has 0 aromatic heterocycles. The number of hydrogen-bond donors (Lipinski definition) is 3. The standard InChI is InChI=1S/C17H24N4O/c1-12-8-7-9-13(2)15(12)20-17(22)21-16(18)19-14-10-5-3-4-6-11-14/h3-4,7-9,14H,5-6,10-11H2,1-2H3,(H4,18,19,20,21,22). The molecule has 1 aromatic rings. The van der Waals surface area contributed by atoms with E-state index in [0.717, 1.165) is 42.5 Å². The Balaban J connectivity index is 1.93. The summed E-state index contributed by atoms with van der Waals surface area (Å²) in [5.74, 6) is 0.177. The van der Waals surface area contributed by atoms with Crippen LogP contribution in [0.25, 0.3) is 0 Å². The lowest BCUT2D eigenvalue weighted by molar-refractivity contribution is 0.256. The molecule has 0 bridgehead atoms. The fraction of sp³-hybridized carbons (Fsp3) is 0.412. The number of rotatable bonds is 2. The van der Waals surface area contributed by atoms with Gasteiger partial charge in [-0.05, 0) is 50.7 Å². The Bertz CT molecular complexity index is 562. The zero-order chi connectivity index (χ0) is 15.9. The van der Waals surface area contributed by atoms with Crippen LogP contribution in [0.4, 0.5) is 10.5 Å². The summed E-state index contributed by atoms with van der Waals surface area (Å²) in [4.78, 5) is 16.4. The highest BCUT2D eigenvalue weighted by Crippen LogP contribution is 2.19. The van der Waals surface area contributed by atoms with Crippen LogP contribution in [0.3, 0.4) is 0 Å². The molecule has 2 amide bonds.